The first-order chi connectivity index (χ1) is 16.5. The zero-order chi connectivity index (χ0) is 24.1. The highest BCUT2D eigenvalue weighted by molar-refractivity contribution is 5.98. The number of hydrazine groups is 1. The highest BCUT2D eigenvalue weighted by Crippen LogP contribution is 2.27. The van der Waals surface area contributed by atoms with Gasteiger partial charge in [-0.05, 0) is 66.7 Å². The zero-order valence-electron chi connectivity index (χ0n) is 19.1. The van der Waals surface area contributed by atoms with E-state index in [1.54, 1.807) is 50.3 Å². The molecule has 0 saturated carbocycles. The molecule has 3 aromatic carbocycles. The first-order valence-electron chi connectivity index (χ1n) is 10.7. The molecule has 1 heterocycles. The lowest BCUT2D eigenvalue weighted by Crippen LogP contribution is -2.42. The molecule has 0 unspecified atom stereocenters. The highest BCUT2D eigenvalue weighted by atomic mass is 16.5. The minimum absolute atomic E-state index is 0.318. The molecule has 0 aromatic heterocycles. The van der Waals surface area contributed by atoms with Crippen LogP contribution >= 0.6 is 0 Å². The minimum Gasteiger partial charge on any atom is -0.497 e. The van der Waals surface area contributed by atoms with Crippen molar-refractivity contribution in [3.8, 4) is 17.2 Å². The molecular formula is C26H26N3O5+. The van der Waals surface area contributed by atoms with Gasteiger partial charge in [-0.15, -0.1) is 10.1 Å². The van der Waals surface area contributed by atoms with Crippen molar-refractivity contribution in [1.29, 1.82) is 0 Å². The molecule has 2 N–H and O–H groups in total. The lowest BCUT2D eigenvalue weighted by molar-refractivity contribution is -0.596. The van der Waals surface area contributed by atoms with Crippen LogP contribution in [-0.4, -0.2) is 50.1 Å². The van der Waals surface area contributed by atoms with E-state index < -0.39 is 12.1 Å². The van der Waals surface area contributed by atoms with Crippen LogP contribution in [0.25, 0.3) is 0 Å². The van der Waals surface area contributed by atoms with Gasteiger partial charge in [-0.3, -0.25) is 9.59 Å². The molecule has 0 bridgehead atoms. The molecule has 1 aliphatic rings. The summed E-state index contributed by atoms with van der Waals surface area (Å²) >= 11 is 0. The van der Waals surface area contributed by atoms with Crippen molar-refractivity contribution in [2.45, 2.75) is 12.1 Å². The van der Waals surface area contributed by atoms with Crippen molar-refractivity contribution in [2.24, 2.45) is 0 Å². The quantitative estimate of drug-likeness (QED) is 0.530. The summed E-state index contributed by atoms with van der Waals surface area (Å²) in [6, 6.07) is 20.3. The molecule has 174 valence electrons. The first-order valence-corrected chi connectivity index (χ1v) is 10.7. The van der Waals surface area contributed by atoms with E-state index in [1.807, 2.05) is 54.7 Å². The molecule has 2 atom stereocenters. The molecule has 0 radical (unpaired) electrons. The molecule has 0 aliphatic carbocycles. The van der Waals surface area contributed by atoms with Gasteiger partial charge in [0.1, 0.15) is 17.2 Å². The largest absolute Gasteiger partial charge is 0.497 e. The van der Waals surface area contributed by atoms with Crippen molar-refractivity contribution >= 4 is 18.0 Å². The third kappa shape index (κ3) is 4.85. The van der Waals surface area contributed by atoms with Crippen LogP contribution in [0.3, 0.4) is 0 Å². The summed E-state index contributed by atoms with van der Waals surface area (Å²) in [5, 5.41) is 2.89. The van der Waals surface area contributed by atoms with Crippen molar-refractivity contribution in [1.82, 2.24) is 10.7 Å². The predicted molar refractivity (Wildman–Crippen MR) is 127 cm³/mol. The Kier molecular flexibility index (Phi) is 6.77. The number of rotatable bonds is 7. The molecular weight excluding hydrogens is 434 g/mol. The van der Waals surface area contributed by atoms with Crippen molar-refractivity contribution in [3.05, 3.63) is 89.5 Å². The Hall–Kier alpha value is -4.33. The van der Waals surface area contributed by atoms with Crippen LogP contribution in [0.1, 0.15) is 27.5 Å². The van der Waals surface area contributed by atoms with Gasteiger partial charge in [0.2, 0.25) is 12.3 Å². The van der Waals surface area contributed by atoms with E-state index in [4.69, 9.17) is 14.2 Å². The minimum atomic E-state index is -0.829. The standard InChI is InChI=1S/C26H25N3O5/c1-32-20-11-7-18(8-12-20)24-23(27-25(30)19-9-13-21(33-2)14-10-19)26(31)28-29(24)16-17-5-4-6-22(15-17)34-3/h4-16,23-24H,1-3H3,(H-,27,28,30,31)/p+1/b29-16-/t23-,24+/m1/s1. The van der Waals surface area contributed by atoms with Gasteiger partial charge < -0.3 is 19.5 Å². The monoisotopic (exact) mass is 460 g/mol. The number of carbonyl (C=O) groups is 2. The highest BCUT2D eigenvalue weighted by Gasteiger charge is 2.47. The van der Waals surface area contributed by atoms with Gasteiger partial charge in [0.15, 0.2) is 6.04 Å². The van der Waals surface area contributed by atoms with Crippen LogP contribution in [0.5, 0.6) is 17.2 Å². The van der Waals surface area contributed by atoms with Gasteiger partial charge in [0, 0.05) is 16.7 Å². The second kappa shape index (κ2) is 10.1. The normalized spacial score (nSPS) is 18.3. The summed E-state index contributed by atoms with van der Waals surface area (Å²) in [5.74, 6) is 1.37. The molecule has 0 spiro atoms. The van der Waals surface area contributed by atoms with E-state index in [9.17, 15) is 9.59 Å². The Morgan fingerprint density at radius 2 is 1.50 bits per heavy atom. The van der Waals surface area contributed by atoms with Gasteiger partial charge in [-0.1, -0.05) is 6.07 Å². The molecule has 8 heteroatoms. The van der Waals surface area contributed by atoms with Gasteiger partial charge in [0.25, 0.3) is 5.91 Å². The van der Waals surface area contributed by atoms with E-state index in [0.717, 1.165) is 11.1 Å². The maximum atomic E-state index is 13.0. The van der Waals surface area contributed by atoms with Crippen molar-refractivity contribution in [3.63, 3.8) is 0 Å². The van der Waals surface area contributed by atoms with Crippen LogP contribution in [-0.2, 0) is 4.79 Å². The fraction of sp³-hybridized carbons (Fsp3) is 0.192. The Labute approximate surface area is 197 Å². The van der Waals surface area contributed by atoms with Gasteiger partial charge in [-0.25, -0.2) is 0 Å². The number of hydrogen-bond acceptors (Lipinski definition) is 5. The summed E-state index contributed by atoms with van der Waals surface area (Å²) in [4.78, 5) is 26.0. The number of nitrogens with one attached hydrogen (secondary N) is 2. The Balaban J connectivity index is 1.68. The maximum absolute atomic E-state index is 13.0. The number of hydrogen-bond donors (Lipinski definition) is 2. The number of ether oxygens (including phenoxy) is 3. The number of methoxy groups -OCH3 is 3. The van der Waals surface area contributed by atoms with Crippen LogP contribution in [0.4, 0.5) is 0 Å². The summed E-state index contributed by atoms with van der Waals surface area (Å²) in [7, 11) is 4.75. The SMILES string of the molecule is COc1ccc(C(=O)N[C@H]2C(=O)N/[N+](=C\c3cccc(OC)c3)[C@H]2c2ccc(OC)cc2)cc1. The average Bonchev–Trinajstić information content (AvgIpc) is 3.18. The molecule has 1 saturated heterocycles. The number of nitrogens with zero attached hydrogens (tertiary/aromatic N) is 1. The average molecular weight is 461 g/mol. The number of carbonyl (C=O) groups excluding carboxylic acids is 2. The lowest BCUT2D eigenvalue weighted by atomic mass is 9.99. The number of benzene rings is 3. The fourth-order valence-corrected chi connectivity index (χ4v) is 3.83. The fourth-order valence-electron chi connectivity index (χ4n) is 3.83. The van der Waals surface area contributed by atoms with Gasteiger partial charge in [-0.2, -0.15) is 0 Å². The topological polar surface area (TPSA) is 88.9 Å². The summed E-state index contributed by atoms with van der Waals surface area (Å²) in [5.41, 5.74) is 4.97. The molecule has 1 aliphatic heterocycles. The summed E-state index contributed by atoms with van der Waals surface area (Å²) in [6.07, 6.45) is 1.81. The molecule has 4 rings (SSSR count). The van der Waals surface area contributed by atoms with E-state index >= 15 is 0 Å². The van der Waals surface area contributed by atoms with E-state index in [0.29, 0.717) is 22.8 Å². The van der Waals surface area contributed by atoms with Crippen LogP contribution in [0, 0.1) is 0 Å². The smallest absolute Gasteiger partial charge is 0.304 e. The molecule has 8 nitrogen and oxygen atoms in total. The molecule has 34 heavy (non-hydrogen) atoms. The van der Waals surface area contributed by atoms with Crippen molar-refractivity contribution in [2.75, 3.05) is 21.3 Å². The van der Waals surface area contributed by atoms with Gasteiger partial charge in [0.05, 0.1) is 21.3 Å². The van der Waals surface area contributed by atoms with Crippen LogP contribution < -0.4 is 25.0 Å². The van der Waals surface area contributed by atoms with Gasteiger partial charge >= 0.3 is 5.91 Å². The lowest BCUT2D eigenvalue weighted by Gasteiger charge is -2.15. The van der Waals surface area contributed by atoms with Crippen molar-refractivity contribution < 1.29 is 28.5 Å². The van der Waals surface area contributed by atoms with E-state index in [-0.39, 0.29) is 11.8 Å². The Bertz CT molecular complexity index is 1210. The summed E-state index contributed by atoms with van der Waals surface area (Å²) in [6.45, 7) is 0. The molecule has 2 amide bonds. The maximum Gasteiger partial charge on any atom is 0.304 e. The predicted octanol–water partition coefficient (Wildman–Crippen LogP) is 2.73. The third-order valence-corrected chi connectivity index (χ3v) is 5.62. The first kappa shape index (κ1) is 22.8. The number of amides is 2. The number of hydrazone groups is 1. The Morgan fingerprint density at radius 3 is 2.12 bits per heavy atom. The van der Waals surface area contributed by atoms with E-state index in [1.165, 1.54) is 0 Å². The van der Waals surface area contributed by atoms with Crippen LogP contribution in [0.2, 0.25) is 0 Å². The van der Waals surface area contributed by atoms with E-state index in [2.05, 4.69) is 10.7 Å². The van der Waals surface area contributed by atoms with Crippen LogP contribution in [0.15, 0.2) is 72.8 Å². The molecule has 3 aromatic rings. The second-order valence-electron chi connectivity index (χ2n) is 7.69. The second-order valence-corrected chi connectivity index (χ2v) is 7.69. The molecule has 1 fully saturated rings. The Morgan fingerprint density at radius 1 is 0.882 bits per heavy atom. The summed E-state index contributed by atoms with van der Waals surface area (Å²) < 4.78 is 17.4. The zero-order valence-corrected chi connectivity index (χ0v) is 19.1. The third-order valence-electron chi connectivity index (χ3n) is 5.62.